The van der Waals surface area contributed by atoms with Gasteiger partial charge in [-0.15, -0.1) is 0 Å². The predicted molar refractivity (Wildman–Crippen MR) is 68.1 cm³/mol. The molecule has 0 radical (unpaired) electrons. The normalized spacial score (nSPS) is 18.9. The lowest BCUT2D eigenvalue weighted by atomic mass is 9.86. The second-order valence-electron chi connectivity index (χ2n) is 4.68. The Balaban J connectivity index is 2.27. The zero-order valence-corrected chi connectivity index (χ0v) is 10.4. The van der Waals surface area contributed by atoms with Crippen LogP contribution in [0.5, 0.6) is 0 Å². The minimum Gasteiger partial charge on any atom is -0.369 e. The van der Waals surface area contributed by atoms with Crippen LogP contribution in [0, 0.1) is 5.82 Å². The van der Waals surface area contributed by atoms with Gasteiger partial charge in [-0.05, 0) is 37.0 Å². The van der Waals surface area contributed by atoms with Gasteiger partial charge in [-0.2, -0.15) is 0 Å². The molecule has 3 rings (SSSR count). The fourth-order valence-corrected chi connectivity index (χ4v) is 2.91. The number of hydrogen-bond acceptors (Lipinski definition) is 1. The highest BCUT2D eigenvalue weighted by Crippen LogP contribution is 2.37. The van der Waals surface area contributed by atoms with Crippen LogP contribution >= 0.6 is 11.6 Å². The van der Waals surface area contributed by atoms with Crippen LogP contribution in [-0.4, -0.2) is 10.9 Å². The number of aryl methyl sites for hydroxylation is 1. The number of H-pyrrole nitrogens is 1. The van der Waals surface area contributed by atoms with Crippen molar-refractivity contribution >= 4 is 28.4 Å². The first-order valence-electron chi connectivity index (χ1n) is 5.86. The molecule has 3 nitrogen and oxygen atoms in total. The summed E-state index contributed by atoms with van der Waals surface area (Å²) in [6.45, 7) is 0. The molecule has 1 aromatic carbocycles. The van der Waals surface area contributed by atoms with E-state index >= 15 is 0 Å². The van der Waals surface area contributed by atoms with E-state index in [1.807, 2.05) is 0 Å². The van der Waals surface area contributed by atoms with Gasteiger partial charge in [0, 0.05) is 16.6 Å². The van der Waals surface area contributed by atoms with Crippen molar-refractivity contribution in [3.05, 3.63) is 34.2 Å². The van der Waals surface area contributed by atoms with E-state index in [-0.39, 0.29) is 16.8 Å². The van der Waals surface area contributed by atoms with E-state index in [0.717, 1.165) is 35.9 Å². The van der Waals surface area contributed by atoms with Gasteiger partial charge in [0.05, 0.1) is 10.9 Å². The first-order valence-corrected chi connectivity index (χ1v) is 6.24. The Hall–Kier alpha value is -1.55. The Bertz CT molecular complexity index is 650. The molecule has 1 amide bonds. The van der Waals surface area contributed by atoms with E-state index in [9.17, 15) is 9.18 Å². The van der Waals surface area contributed by atoms with E-state index in [1.54, 1.807) is 6.07 Å². The summed E-state index contributed by atoms with van der Waals surface area (Å²) in [4.78, 5) is 14.5. The summed E-state index contributed by atoms with van der Waals surface area (Å²) in [5.74, 6) is -1.10. The fourth-order valence-electron chi connectivity index (χ4n) is 2.74. The Labute approximate surface area is 108 Å². The molecule has 1 atom stereocenters. The molecule has 1 aliphatic carbocycles. The number of carbonyl (C=O) groups is 1. The van der Waals surface area contributed by atoms with Gasteiger partial charge in [0.15, 0.2) is 0 Å². The zero-order chi connectivity index (χ0) is 12.9. The number of halogens is 2. The molecule has 94 valence electrons. The number of amides is 1. The number of aromatic nitrogens is 1. The first kappa shape index (κ1) is 11.5. The first-order chi connectivity index (χ1) is 8.58. The lowest BCUT2D eigenvalue weighted by molar-refractivity contribution is -0.119. The maximum Gasteiger partial charge on any atom is 0.226 e. The van der Waals surface area contributed by atoms with Crippen LogP contribution in [-0.2, 0) is 11.2 Å². The van der Waals surface area contributed by atoms with Crippen LogP contribution in [0.4, 0.5) is 4.39 Å². The molecule has 0 aliphatic heterocycles. The molecule has 0 spiro atoms. The van der Waals surface area contributed by atoms with Gasteiger partial charge in [0.2, 0.25) is 5.91 Å². The largest absolute Gasteiger partial charge is 0.369 e. The van der Waals surface area contributed by atoms with Gasteiger partial charge in [-0.1, -0.05) is 11.6 Å². The molecule has 3 N–H and O–H groups in total. The molecule has 0 saturated heterocycles. The maximum atomic E-state index is 13.4. The maximum absolute atomic E-state index is 13.4. The third-order valence-electron chi connectivity index (χ3n) is 3.59. The summed E-state index contributed by atoms with van der Waals surface area (Å²) < 4.78 is 13.4. The number of benzene rings is 1. The van der Waals surface area contributed by atoms with Crippen molar-refractivity contribution in [1.29, 1.82) is 0 Å². The Kier molecular flexibility index (Phi) is 2.55. The van der Waals surface area contributed by atoms with Crippen molar-refractivity contribution < 1.29 is 9.18 Å². The number of carbonyl (C=O) groups excluding carboxylic acids is 1. The molecule has 1 aliphatic rings. The Morgan fingerprint density at radius 3 is 3.00 bits per heavy atom. The van der Waals surface area contributed by atoms with Crippen molar-refractivity contribution in [1.82, 2.24) is 4.98 Å². The van der Waals surface area contributed by atoms with Gasteiger partial charge in [0.25, 0.3) is 0 Å². The van der Waals surface area contributed by atoms with Crippen molar-refractivity contribution in [3.63, 3.8) is 0 Å². The fraction of sp³-hybridized carbons (Fsp3) is 0.308. The predicted octanol–water partition coefficient (Wildman–Crippen LogP) is 2.87. The number of fused-ring (bicyclic) bond motifs is 3. The summed E-state index contributed by atoms with van der Waals surface area (Å²) in [5, 5.41) is 0.993. The number of nitrogens with two attached hydrogens (primary N) is 1. The highest BCUT2D eigenvalue weighted by Gasteiger charge is 2.28. The number of rotatable bonds is 1. The molecular formula is C13H12ClFN2O. The van der Waals surface area contributed by atoms with Crippen LogP contribution in [0.25, 0.3) is 10.9 Å². The summed E-state index contributed by atoms with van der Waals surface area (Å²) in [5.41, 5.74) is 7.95. The second kappa shape index (κ2) is 3.99. The Morgan fingerprint density at radius 1 is 1.50 bits per heavy atom. The summed E-state index contributed by atoms with van der Waals surface area (Å²) >= 11 is 5.81. The quantitative estimate of drug-likeness (QED) is 0.819. The van der Waals surface area contributed by atoms with Crippen molar-refractivity contribution in [2.24, 2.45) is 5.73 Å². The van der Waals surface area contributed by atoms with Gasteiger partial charge in [-0.25, -0.2) is 4.39 Å². The van der Waals surface area contributed by atoms with Gasteiger partial charge in [-0.3, -0.25) is 4.79 Å². The molecule has 0 saturated carbocycles. The minimum atomic E-state index is -0.460. The summed E-state index contributed by atoms with van der Waals surface area (Å²) in [6.07, 6.45) is 2.51. The SMILES string of the molecule is NC(=O)[C@@H]1CCCc2c1[nH]c1cc(F)c(Cl)cc21. The van der Waals surface area contributed by atoms with Gasteiger partial charge < -0.3 is 10.7 Å². The van der Waals surface area contributed by atoms with E-state index in [2.05, 4.69) is 4.98 Å². The average Bonchev–Trinajstić information content (AvgIpc) is 2.67. The second-order valence-corrected chi connectivity index (χ2v) is 5.08. The third kappa shape index (κ3) is 1.60. The number of primary amides is 1. The van der Waals surface area contributed by atoms with Gasteiger partial charge in [0.1, 0.15) is 5.82 Å². The smallest absolute Gasteiger partial charge is 0.226 e. The molecule has 0 bridgehead atoms. The average molecular weight is 267 g/mol. The van der Waals surface area contributed by atoms with Crippen molar-refractivity contribution in [2.45, 2.75) is 25.2 Å². The molecule has 5 heteroatoms. The Morgan fingerprint density at radius 2 is 2.28 bits per heavy atom. The standard InChI is InChI=1S/C13H12ClFN2O/c14-9-4-8-6-2-1-3-7(13(16)18)12(6)17-11(8)5-10(9)15/h4-5,7,17H,1-3H2,(H2,16,18)/t7-/m1/s1. The number of aromatic amines is 1. The highest BCUT2D eigenvalue weighted by atomic mass is 35.5. The number of nitrogens with one attached hydrogen (secondary N) is 1. The molecule has 1 aromatic heterocycles. The molecule has 18 heavy (non-hydrogen) atoms. The topological polar surface area (TPSA) is 58.9 Å². The van der Waals surface area contributed by atoms with Gasteiger partial charge >= 0.3 is 0 Å². The molecule has 0 fully saturated rings. The molecule has 0 unspecified atom stereocenters. The molecular weight excluding hydrogens is 255 g/mol. The van der Waals surface area contributed by atoms with E-state index < -0.39 is 5.82 Å². The van der Waals surface area contributed by atoms with Crippen LogP contribution in [0.2, 0.25) is 5.02 Å². The number of hydrogen-bond donors (Lipinski definition) is 2. The van der Waals surface area contributed by atoms with E-state index in [0.29, 0.717) is 5.52 Å². The third-order valence-corrected chi connectivity index (χ3v) is 3.88. The molecule has 2 aromatic rings. The summed E-state index contributed by atoms with van der Waals surface area (Å²) in [7, 11) is 0. The van der Waals surface area contributed by atoms with Crippen LogP contribution < -0.4 is 5.73 Å². The van der Waals surface area contributed by atoms with Crippen LogP contribution in [0.3, 0.4) is 0 Å². The highest BCUT2D eigenvalue weighted by molar-refractivity contribution is 6.31. The van der Waals surface area contributed by atoms with Crippen LogP contribution in [0.15, 0.2) is 12.1 Å². The van der Waals surface area contributed by atoms with Crippen molar-refractivity contribution in [3.8, 4) is 0 Å². The van der Waals surface area contributed by atoms with E-state index in [4.69, 9.17) is 17.3 Å². The molecule has 1 heterocycles. The van der Waals surface area contributed by atoms with Crippen molar-refractivity contribution in [2.75, 3.05) is 0 Å². The lowest BCUT2D eigenvalue weighted by Gasteiger charge is -2.19. The zero-order valence-electron chi connectivity index (χ0n) is 9.59. The van der Waals surface area contributed by atoms with Crippen LogP contribution in [0.1, 0.15) is 30.0 Å². The lowest BCUT2D eigenvalue weighted by Crippen LogP contribution is -2.24. The monoisotopic (exact) mass is 266 g/mol. The summed E-state index contributed by atoms with van der Waals surface area (Å²) in [6, 6.07) is 2.99. The van der Waals surface area contributed by atoms with E-state index in [1.165, 1.54) is 6.07 Å². The minimum absolute atomic E-state index is 0.102.